The summed E-state index contributed by atoms with van der Waals surface area (Å²) in [5, 5.41) is 0. The molecule has 4 heteroatoms. The molecule has 0 saturated heterocycles. The van der Waals surface area contributed by atoms with Gasteiger partial charge in [-0.1, -0.05) is 87.3 Å². The van der Waals surface area contributed by atoms with Gasteiger partial charge in [0.15, 0.2) is 0 Å². The van der Waals surface area contributed by atoms with Crippen LogP contribution >= 0.6 is 22.6 Å². The molecule has 0 rings (SSSR count). The third-order valence-corrected chi connectivity index (χ3v) is 4.05. The van der Waals surface area contributed by atoms with Crippen LogP contribution in [0, 0.1) is 0 Å². The zero-order valence-corrected chi connectivity index (χ0v) is 16.8. The molecule has 0 aromatic carbocycles. The van der Waals surface area contributed by atoms with Gasteiger partial charge in [0, 0.05) is 11.0 Å². The summed E-state index contributed by atoms with van der Waals surface area (Å²) >= 11 is 2.31. The predicted octanol–water partition coefficient (Wildman–Crippen LogP) is 5.39. The van der Waals surface area contributed by atoms with E-state index in [1.54, 1.807) is 0 Å². The van der Waals surface area contributed by atoms with Crippen LogP contribution in [0.2, 0.25) is 0 Å². The highest BCUT2D eigenvalue weighted by molar-refractivity contribution is 14.1. The lowest BCUT2D eigenvalue weighted by Crippen LogP contribution is -2.10. The van der Waals surface area contributed by atoms with Gasteiger partial charge in [-0.2, -0.15) is 0 Å². The molecule has 0 fully saturated rings. The van der Waals surface area contributed by atoms with Crippen LogP contribution in [0.4, 0.5) is 0 Å². The van der Waals surface area contributed by atoms with E-state index in [0.717, 1.165) is 17.6 Å². The molecular formula is C18H37IO3. The molecule has 3 nitrogen and oxygen atoms in total. The molecule has 0 atom stereocenters. The van der Waals surface area contributed by atoms with Crippen LogP contribution in [0.1, 0.15) is 71.1 Å². The monoisotopic (exact) mass is 428 g/mol. The van der Waals surface area contributed by atoms with Crippen molar-refractivity contribution in [3.63, 3.8) is 0 Å². The topological polar surface area (TPSA) is 27.7 Å². The summed E-state index contributed by atoms with van der Waals surface area (Å²) in [5.74, 6) is 0. The average Bonchev–Trinajstić information content (AvgIpc) is 2.54. The summed E-state index contributed by atoms with van der Waals surface area (Å²) in [6.45, 7) is 6.75. The Morgan fingerprint density at radius 3 is 1.41 bits per heavy atom. The van der Waals surface area contributed by atoms with E-state index in [-0.39, 0.29) is 0 Å². The number of ether oxygens (including phenoxy) is 3. The molecule has 0 unspecified atom stereocenters. The van der Waals surface area contributed by atoms with E-state index < -0.39 is 0 Å². The Labute approximate surface area is 152 Å². The lowest BCUT2D eigenvalue weighted by molar-refractivity contribution is 0.0169. The molecule has 0 heterocycles. The number of hydrogen-bond acceptors (Lipinski definition) is 3. The minimum atomic E-state index is 0.679. The van der Waals surface area contributed by atoms with Gasteiger partial charge in [0.25, 0.3) is 0 Å². The first kappa shape index (κ1) is 22.6. The minimum absolute atomic E-state index is 0.679. The molecule has 0 aliphatic heterocycles. The third kappa shape index (κ3) is 20.6. The maximum Gasteiger partial charge on any atom is 0.0701 e. The summed E-state index contributed by atoms with van der Waals surface area (Å²) in [6.07, 6.45) is 13.7. The fourth-order valence-electron chi connectivity index (χ4n) is 2.29. The molecule has 0 amide bonds. The molecule has 0 aromatic heterocycles. The summed E-state index contributed by atoms with van der Waals surface area (Å²) in [7, 11) is 0. The van der Waals surface area contributed by atoms with Crippen LogP contribution in [0.3, 0.4) is 0 Å². The van der Waals surface area contributed by atoms with Crippen molar-refractivity contribution in [3.05, 3.63) is 0 Å². The fraction of sp³-hybridized carbons (Fsp3) is 1.00. The van der Waals surface area contributed by atoms with Crippen molar-refractivity contribution in [1.29, 1.82) is 0 Å². The molecule has 0 aliphatic rings. The summed E-state index contributed by atoms with van der Waals surface area (Å²) in [6, 6.07) is 0. The van der Waals surface area contributed by atoms with Crippen LogP contribution in [0.25, 0.3) is 0 Å². The Morgan fingerprint density at radius 2 is 0.909 bits per heavy atom. The van der Waals surface area contributed by atoms with E-state index in [0.29, 0.717) is 26.4 Å². The van der Waals surface area contributed by atoms with Gasteiger partial charge in [-0.15, -0.1) is 0 Å². The van der Waals surface area contributed by atoms with Crippen molar-refractivity contribution in [2.24, 2.45) is 0 Å². The summed E-state index contributed by atoms with van der Waals surface area (Å²) < 4.78 is 17.4. The fourth-order valence-corrected chi connectivity index (χ4v) is 2.60. The van der Waals surface area contributed by atoms with Crippen LogP contribution in [0.5, 0.6) is 0 Å². The van der Waals surface area contributed by atoms with E-state index in [2.05, 4.69) is 29.5 Å². The highest BCUT2D eigenvalue weighted by atomic mass is 127. The second kappa shape index (κ2) is 21.6. The Kier molecular flexibility index (Phi) is 22.2. The van der Waals surface area contributed by atoms with Gasteiger partial charge in [-0.05, 0) is 6.42 Å². The maximum absolute atomic E-state index is 5.57. The second-order valence-electron chi connectivity index (χ2n) is 5.71. The zero-order valence-electron chi connectivity index (χ0n) is 14.6. The summed E-state index contributed by atoms with van der Waals surface area (Å²) in [4.78, 5) is 0. The number of unbranched alkanes of at least 4 members (excludes halogenated alkanes) is 9. The standard InChI is InChI=1S/C18H37IO3/c1-2-3-4-5-6-7-8-9-10-11-13-20-15-17-22-18-16-21-14-12-19/h2-18H2,1H3. The predicted molar refractivity (Wildman–Crippen MR) is 103 cm³/mol. The molecule has 134 valence electrons. The van der Waals surface area contributed by atoms with Gasteiger partial charge in [0.1, 0.15) is 0 Å². The van der Waals surface area contributed by atoms with Crippen LogP contribution in [-0.4, -0.2) is 44.1 Å². The zero-order chi connectivity index (χ0) is 16.1. The quantitative estimate of drug-likeness (QED) is 0.157. The van der Waals surface area contributed by atoms with Gasteiger partial charge >= 0.3 is 0 Å². The average molecular weight is 428 g/mol. The minimum Gasteiger partial charge on any atom is -0.379 e. The highest BCUT2D eigenvalue weighted by Gasteiger charge is 1.94. The molecular weight excluding hydrogens is 391 g/mol. The van der Waals surface area contributed by atoms with Gasteiger partial charge in [0.05, 0.1) is 33.0 Å². The van der Waals surface area contributed by atoms with E-state index in [1.165, 1.54) is 64.2 Å². The Hall–Kier alpha value is 0.610. The van der Waals surface area contributed by atoms with E-state index in [4.69, 9.17) is 14.2 Å². The number of rotatable bonds is 19. The van der Waals surface area contributed by atoms with Crippen LogP contribution in [0.15, 0.2) is 0 Å². The van der Waals surface area contributed by atoms with E-state index in [9.17, 15) is 0 Å². The van der Waals surface area contributed by atoms with Crippen molar-refractivity contribution < 1.29 is 14.2 Å². The van der Waals surface area contributed by atoms with E-state index >= 15 is 0 Å². The highest BCUT2D eigenvalue weighted by Crippen LogP contribution is 2.10. The number of hydrogen-bond donors (Lipinski definition) is 0. The molecule has 0 bridgehead atoms. The summed E-state index contributed by atoms with van der Waals surface area (Å²) in [5.41, 5.74) is 0. The molecule has 0 spiro atoms. The smallest absolute Gasteiger partial charge is 0.0701 e. The Morgan fingerprint density at radius 1 is 0.500 bits per heavy atom. The third-order valence-electron chi connectivity index (χ3n) is 3.61. The largest absolute Gasteiger partial charge is 0.379 e. The molecule has 0 aromatic rings. The van der Waals surface area contributed by atoms with Crippen molar-refractivity contribution in [2.75, 3.05) is 44.1 Å². The SMILES string of the molecule is CCCCCCCCCCCCOCCOCCOCCI. The Balaban J connectivity index is 2.91. The normalized spacial score (nSPS) is 11.2. The van der Waals surface area contributed by atoms with E-state index in [1.807, 2.05) is 0 Å². The Bertz CT molecular complexity index is 171. The van der Waals surface area contributed by atoms with Gasteiger partial charge in [-0.3, -0.25) is 0 Å². The van der Waals surface area contributed by atoms with Crippen molar-refractivity contribution in [2.45, 2.75) is 71.1 Å². The molecule has 0 radical (unpaired) electrons. The van der Waals surface area contributed by atoms with Gasteiger partial charge in [-0.25, -0.2) is 0 Å². The van der Waals surface area contributed by atoms with Crippen molar-refractivity contribution >= 4 is 22.6 Å². The van der Waals surface area contributed by atoms with Gasteiger partial charge in [0.2, 0.25) is 0 Å². The lowest BCUT2D eigenvalue weighted by atomic mass is 10.1. The van der Waals surface area contributed by atoms with Crippen molar-refractivity contribution in [1.82, 2.24) is 0 Å². The second-order valence-corrected chi connectivity index (χ2v) is 6.79. The van der Waals surface area contributed by atoms with Crippen LogP contribution in [-0.2, 0) is 14.2 Å². The molecule has 0 aliphatic carbocycles. The maximum atomic E-state index is 5.57. The van der Waals surface area contributed by atoms with Crippen molar-refractivity contribution in [3.8, 4) is 0 Å². The van der Waals surface area contributed by atoms with Crippen LogP contribution < -0.4 is 0 Å². The number of alkyl halides is 1. The first-order valence-electron chi connectivity index (χ1n) is 9.21. The molecule has 0 saturated carbocycles. The molecule has 22 heavy (non-hydrogen) atoms. The van der Waals surface area contributed by atoms with Gasteiger partial charge < -0.3 is 14.2 Å². The lowest BCUT2D eigenvalue weighted by Gasteiger charge is -2.06. The first-order valence-corrected chi connectivity index (χ1v) is 10.7. The molecule has 0 N–H and O–H groups in total. The first-order chi connectivity index (χ1) is 10.9. The number of halogens is 1.